The van der Waals surface area contributed by atoms with E-state index in [2.05, 4.69) is 52.1 Å². The van der Waals surface area contributed by atoms with Crippen molar-refractivity contribution in [2.75, 3.05) is 6.54 Å². The van der Waals surface area contributed by atoms with Gasteiger partial charge in [0, 0.05) is 31.1 Å². The quantitative estimate of drug-likeness (QED) is 0.865. The average molecular weight is 276 g/mol. The highest BCUT2D eigenvalue weighted by Crippen LogP contribution is 2.10. The normalized spacial score (nSPS) is 11.7. The molecule has 0 aliphatic rings. The fraction of sp³-hybridized carbons (Fsp3) is 0.588. The van der Waals surface area contributed by atoms with Crippen LogP contribution in [0.4, 0.5) is 0 Å². The lowest BCUT2D eigenvalue weighted by Gasteiger charge is -2.28. The maximum atomic E-state index is 12.4. The van der Waals surface area contributed by atoms with Crippen LogP contribution >= 0.6 is 0 Å². The zero-order valence-corrected chi connectivity index (χ0v) is 13.4. The second-order valence-corrected chi connectivity index (χ2v) is 6.53. The smallest absolute Gasteiger partial charge is 0.224 e. The Hall–Kier alpha value is -1.35. The summed E-state index contributed by atoms with van der Waals surface area (Å²) < 4.78 is 0. The van der Waals surface area contributed by atoms with E-state index in [0.717, 1.165) is 6.54 Å². The Kier molecular flexibility index (Phi) is 6.21. The van der Waals surface area contributed by atoms with Gasteiger partial charge in [0.2, 0.25) is 5.91 Å². The molecule has 0 aromatic heterocycles. The molecule has 0 spiro atoms. The summed E-state index contributed by atoms with van der Waals surface area (Å²) in [6.07, 6.45) is 0.544. The number of rotatable bonds is 6. The second kappa shape index (κ2) is 7.44. The van der Waals surface area contributed by atoms with Gasteiger partial charge in [-0.3, -0.25) is 4.79 Å². The van der Waals surface area contributed by atoms with Gasteiger partial charge in [0.1, 0.15) is 0 Å². The molecule has 0 unspecified atom stereocenters. The summed E-state index contributed by atoms with van der Waals surface area (Å²) in [6, 6.07) is 10.4. The summed E-state index contributed by atoms with van der Waals surface area (Å²) in [6.45, 7) is 11.9. The lowest BCUT2D eigenvalue weighted by Crippen LogP contribution is -2.41. The third-order valence-corrected chi connectivity index (χ3v) is 3.13. The zero-order chi connectivity index (χ0) is 15.2. The van der Waals surface area contributed by atoms with Crippen molar-refractivity contribution in [1.82, 2.24) is 10.2 Å². The first-order chi connectivity index (χ1) is 9.29. The van der Waals surface area contributed by atoms with Crippen LogP contribution in [0.5, 0.6) is 0 Å². The van der Waals surface area contributed by atoms with Gasteiger partial charge < -0.3 is 10.2 Å². The standard InChI is InChI=1S/C17H28N2O/c1-14(2)19(13-15-9-7-6-8-10-15)16(20)11-12-18-17(3,4)5/h6-10,14,18H,11-13H2,1-5H3. The van der Waals surface area contributed by atoms with Crippen LogP contribution in [0, 0.1) is 0 Å². The average Bonchev–Trinajstić information content (AvgIpc) is 2.35. The Bertz CT molecular complexity index is 407. The van der Waals surface area contributed by atoms with Crippen LogP contribution < -0.4 is 5.32 Å². The van der Waals surface area contributed by atoms with Crippen molar-refractivity contribution in [1.29, 1.82) is 0 Å². The zero-order valence-electron chi connectivity index (χ0n) is 13.4. The van der Waals surface area contributed by atoms with Gasteiger partial charge >= 0.3 is 0 Å². The van der Waals surface area contributed by atoms with Gasteiger partial charge in [0.05, 0.1) is 0 Å². The fourth-order valence-electron chi connectivity index (χ4n) is 2.03. The van der Waals surface area contributed by atoms with E-state index in [-0.39, 0.29) is 17.5 Å². The SMILES string of the molecule is CC(C)N(Cc1ccccc1)C(=O)CCNC(C)(C)C. The largest absolute Gasteiger partial charge is 0.336 e. The van der Waals surface area contributed by atoms with E-state index in [1.807, 2.05) is 23.1 Å². The molecule has 0 atom stereocenters. The first-order valence-corrected chi connectivity index (χ1v) is 7.38. The Morgan fingerprint density at radius 1 is 1.20 bits per heavy atom. The van der Waals surface area contributed by atoms with E-state index in [0.29, 0.717) is 13.0 Å². The van der Waals surface area contributed by atoms with Crippen molar-refractivity contribution in [3.05, 3.63) is 35.9 Å². The minimum absolute atomic E-state index is 0.0579. The Balaban J connectivity index is 2.55. The van der Waals surface area contributed by atoms with Gasteiger partial charge in [-0.1, -0.05) is 30.3 Å². The number of carbonyl (C=O) groups is 1. The maximum absolute atomic E-state index is 12.4. The van der Waals surface area contributed by atoms with Gasteiger partial charge in [-0.2, -0.15) is 0 Å². The topological polar surface area (TPSA) is 32.3 Å². The van der Waals surface area contributed by atoms with Crippen LogP contribution in [-0.4, -0.2) is 28.9 Å². The van der Waals surface area contributed by atoms with Crippen molar-refractivity contribution in [3.8, 4) is 0 Å². The molecular weight excluding hydrogens is 248 g/mol. The molecular formula is C17H28N2O. The molecule has 1 amide bonds. The predicted molar refractivity (Wildman–Crippen MR) is 84.5 cm³/mol. The number of hydrogen-bond acceptors (Lipinski definition) is 2. The first-order valence-electron chi connectivity index (χ1n) is 7.38. The highest BCUT2D eigenvalue weighted by molar-refractivity contribution is 5.76. The fourth-order valence-corrected chi connectivity index (χ4v) is 2.03. The first kappa shape index (κ1) is 16.7. The lowest BCUT2D eigenvalue weighted by atomic mass is 10.1. The van der Waals surface area contributed by atoms with Crippen LogP contribution in [0.2, 0.25) is 0 Å². The molecule has 0 aliphatic carbocycles. The summed E-state index contributed by atoms with van der Waals surface area (Å²) in [5, 5.41) is 3.36. The van der Waals surface area contributed by atoms with E-state index >= 15 is 0 Å². The highest BCUT2D eigenvalue weighted by atomic mass is 16.2. The van der Waals surface area contributed by atoms with Gasteiger partial charge in [0.15, 0.2) is 0 Å². The molecule has 0 aliphatic heterocycles. The summed E-state index contributed by atoms with van der Waals surface area (Å²) in [5.74, 6) is 0.209. The van der Waals surface area contributed by atoms with Crippen molar-refractivity contribution in [3.63, 3.8) is 0 Å². The third kappa shape index (κ3) is 6.20. The number of hydrogen-bond donors (Lipinski definition) is 1. The van der Waals surface area contributed by atoms with E-state index in [1.165, 1.54) is 5.56 Å². The maximum Gasteiger partial charge on any atom is 0.224 e. The van der Waals surface area contributed by atoms with E-state index < -0.39 is 0 Å². The summed E-state index contributed by atoms with van der Waals surface area (Å²) in [7, 11) is 0. The Morgan fingerprint density at radius 3 is 2.30 bits per heavy atom. The Morgan fingerprint density at radius 2 is 1.80 bits per heavy atom. The van der Waals surface area contributed by atoms with E-state index in [9.17, 15) is 4.79 Å². The lowest BCUT2D eigenvalue weighted by molar-refractivity contribution is -0.133. The van der Waals surface area contributed by atoms with Gasteiger partial charge in [0.25, 0.3) is 0 Å². The molecule has 1 aromatic carbocycles. The van der Waals surface area contributed by atoms with Crippen molar-refractivity contribution in [2.24, 2.45) is 0 Å². The molecule has 0 heterocycles. The molecule has 0 saturated carbocycles. The van der Waals surface area contributed by atoms with Crippen LogP contribution in [-0.2, 0) is 11.3 Å². The third-order valence-electron chi connectivity index (χ3n) is 3.13. The van der Waals surface area contributed by atoms with Crippen molar-refractivity contribution < 1.29 is 4.79 Å². The van der Waals surface area contributed by atoms with Gasteiger partial charge in [-0.05, 0) is 40.2 Å². The van der Waals surface area contributed by atoms with Crippen LogP contribution in [0.3, 0.4) is 0 Å². The second-order valence-electron chi connectivity index (χ2n) is 6.53. The van der Waals surface area contributed by atoms with Gasteiger partial charge in [-0.25, -0.2) is 0 Å². The number of benzene rings is 1. The molecule has 0 bridgehead atoms. The number of amides is 1. The van der Waals surface area contributed by atoms with Crippen LogP contribution in [0.15, 0.2) is 30.3 Å². The number of nitrogens with one attached hydrogen (secondary N) is 1. The summed E-state index contributed by atoms with van der Waals surface area (Å²) >= 11 is 0. The minimum Gasteiger partial charge on any atom is -0.336 e. The molecule has 3 nitrogen and oxygen atoms in total. The highest BCUT2D eigenvalue weighted by Gasteiger charge is 2.18. The van der Waals surface area contributed by atoms with E-state index in [1.54, 1.807) is 0 Å². The molecule has 112 valence electrons. The summed E-state index contributed by atoms with van der Waals surface area (Å²) in [5.41, 5.74) is 1.24. The summed E-state index contributed by atoms with van der Waals surface area (Å²) in [4.78, 5) is 14.3. The van der Waals surface area contributed by atoms with Crippen LogP contribution in [0.1, 0.15) is 46.6 Å². The number of carbonyl (C=O) groups excluding carboxylic acids is 1. The predicted octanol–water partition coefficient (Wildman–Crippen LogP) is 3.20. The Labute approximate surface area is 123 Å². The molecule has 0 radical (unpaired) electrons. The molecule has 0 fully saturated rings. The van der Waals surface area contributed by atoms with Crippen LogP contribution in [0.25, 0.3) is 0 Å². The molecule has 0 saturated heterocycles. The minimum atomic E-state index is 0.0579. The molecule has 1 aromatic rings. The monoisotopic (exact) mass is 276 g/mol. The molecule has 3 heteroatoms. The van der Waals surface area contributed by atoms with Gasteiger partial charge in [-0.15, -0.1) is 0 Å². The van der Waals surface area contributed by atoms with E-state index in [4.69, 9.17) is 0 Å². The number of nitrogens with zero attached hydrogens (tertiary/aromatic N) is 1. The molecule has 1 rings (SSSR count). The van der Waals surface area contributed by atoms with Crippen molar-refractivity contribution in [2.45, 2.75) is 59.2 Å². The molecule has 20 heavy (non-hydrogen) atoms. The van der Waals surface area contributed by atoms with Crippen molar-refractivity contribution >= 4 is 5.91 Å². The molecule has 1 N–H and O–H groups in total.